The van der Waals surface area contributed by atoms with Gasteiger partial charge in [-0.15, -0.1) is 0 Å². The maximum atomic E-state index is 12.6. The molecule has 140 valence electrons. The maximum Gasteiger partial charge on any atom is 0.252 e. The van der Waals surface area contributed by atoms with E-state index in [1.165, 1.54) is 6.92 Å². The van der Waals surface area contributed by atoms with E-state index in [1.807, 2.05) is 30.3 Å². The quantitative estimate of drug-likeness (QED) is 0.798. The third-order valence-electron chi connectivity index (χ3n) is 4.43. The molecule has 2 aromatic rings. The predicted molar refractivity (Wildman–Crippen MR) is 101 cm³/mol. The molecular formula is C21H22N2O4. The highest BCUT2D eigenvalue weighted by molar-refractivity contribution is 5.97. The van der Waals surface area contributed by atoms with Crippen LogP contribution in [0.4, 0.5) is 5.69 Å². The average molecular weight is 366 g/mol. The number of carbonyl (C=O) groups excluding carboxylic acids is 3. The lowest BCUT2D eigenvalue weighted by atomic mass is 10.1. The number of rotatable bonds is 6. The lowest BCUT2D eigenvalue weighted by Crippen LogP contribution is -2.48. The van der Waals surface area contributed by atoms with Crippen LogP contribution in [0.25, 0.3) is 0 Å². The molecular weight excluding hydrogens is 344 g/mol. The van der Waals surface area contributed by atoms with E-state index < -0.39 is 6.10 Å². The highest BCUT2D eigenvalue weighted by atomic mass is 16.5. The van der Waals surface area contributed by atoms with Crippen LogP contribution in [0.2, 0.25) is 0 Å². The summed E-state index contributed by atoms with van der Waals surface area (Å²) in [6.07, 6.45) is -0.822. The Balaban J connectivity index is 1.56. The fraction of sp³-hybridized carbons (Fsp3) is 0.286. The second-order valence-corrected chi connectivity index (χ2v) is 6.49. The number of benzene rings is 2. The zero-order valence-corrected chi connectivity index (χ0v) is 15.2. The Morgan fingerprint density at radius 1 is 1.11 bits per heavy atom. The van der Waals surface area contributed by atoms with Crippen LogP contribution in [0.15, 0.2) is 54.6 Å². The van der Waals surface area contributed by atoms with Crippen LogP contribution in [-0.4, -0.2) is 41.8 Å². The van der Waals surface area contributed by atoms with Crippen molar-refractivity contribution in [1.29, 1.82) is 0 Å². The zero-order chi connectivity index (χ0) is 19.2. The van der Waals surface area contributed by atoms with Gasteiger partial charge in [0.15, 0.2) is 5.78 Å². The van der Waals surface area contributed by atoms with Gasteiger partial charge in [-0.1, -0.05) is 30.3 Å². The van der Waals surface area contributed by atoms with E-state index in [-0.39, 0.29) is 24.0 Å². The first-order valence-electron chi connectivity index (χ1n) is 8.88. The molecule has 1 aliphatic rings. The number of ketones is 1. The number of amides is 2. The van der Waals surface area contributed by atoms with Crippen LogP contribution in [0.5, 0.6) is 0 Å². The van der Waals surface area contributed by atoms with Crippen molar-refractivity contribution in [3.63, 3.8) is 0 Å². The van der Waals surface area contributed by atoms with Crippen molar-refractivity contribution in [2.75, 3.05) is 18.5 Å². The number of carbonyl (C=O) groups is 3. The van der Waals surface area contributed by atoms with Gasteiger partial charge in [0.25, 0.3) is 5.91 Å². The molecule has 2 aromatic carbocycles. The van der Waals surface area contributed by atoms with Gasteiger partial charge in [-0.2, -0.15) is 0 Å². The van der Waals surface area contributed by atoms with Gasteiger partial charge >= 0.3 is 0 Å². The lowest BCUT2D eigenvalue weighted by molar-refractivity contribution is -0.155. The largest absolute Gasteiger partial charge is 0.366 e. The van der Waals surface area contributed by atoms with Gasteiger partial charge in [-0.05, 0) is 36.8 Å². The van der Waals surface area contributed by atoms with Crippen molar-refractivity contribution >= 4 is 23.3 Å². The molecule has 2 amide bonds. The molecule has 0 spiro atoms. The molecule has 1 heterocycles. The SMILES string of the molecule is CC(=O)c1ccc(NC(=O)C[C@H]2OCCN(Cc3ccccc3)C2=O)cc1. The number of morpholine rings is 1. The van der Waals surface area contributed by atoms with Crippen LogP contribution in [0, 0.1) is 0 Å². The maximum absolute atomic E-state index is 12.6. The molecule has 6 nitrogen and oxygen atoms in total. The Labute approximate surface area is 158 Å². The molecule has 1 aliphatic heterocycles. The van der Waals surface area contributed by atoms with Gasteiger partial charge in [0.2, 0.25) is 5.91 Å². The number of ether oxygens (including phenoxy) is 1. The van der Waals surface area contributed by atoms with E-state index in [0.717, 1.165) is 5.56 Å². The van der Waals surface area contributed by atoms with Crippen LogP contribution >= 0.6 is 0 Å². The van der Waals surface area contributed by atoms with Crippen molar-refractivity contribution in [3.8, 4) is 0 Å². The number of nitrogens with one attached hydrogen (secondary N) is 1. The van der Waals surface area contributed by atoms with E-state index in [0.29, 0.717) is 30.9 Å². The van der Waals surface area contributed by atoms with Crippen molar-refractivity contribution in [3.05, 3.63) is 65.7 Å². The minimum atomic E-state index is -0.779. The summed E-state index contributed by atoms with van der Waals surface area (Å²) in [4.78, 5) is 37.9. The van der Waals surface area contributed by atoms with Gasteiger partial charge in [-0.3, -0.25) is 14.4 Å². The Bertz CT molecular complexity index is 818. The molecule has 1 saturated heterocycles. The lowest BCUT2D eigenvalue weighted by Gasteiger charge is -2.32. The van der Waals surface area contributed by atoms with Crippen molar-refractivity contribution in [1.82, 2.24) is 4.90 Å². The number of anilines is 1. The van der Waals surface area contributed by atoms with Crippen LogP contribution in [-0.2, 0) is 20.9 Å². The first kappa shape index (κ1) is 18.8. The number of hydrogen-bond donors (Lipinski definition) is 1. The number of hydrogen-bond acceptors (Lipinski definition) is 4. The Kier molecular flexibility index (Phi) is 5.98. The number of nitrogens with zero attached hydrogens (tertiary/aromatic N) is 1. The second-order valence-electron chi connectivity index (χ2n) is 6.49. The van der Waals surface area contributed by atoms with Gasteiger partial charge in [0, 0.05) is 24.3 Å². The fourth-order valence-electron chi connectivity index (χ4n) is 2.97. The normalized spacial score (nSPS) is 16.9. The standard InChI is InChI=1S/C21H22N2O4/c1-15(24)17-7-9-18(10-8-17)22-20(25)13-19-21(26)23(11-12-27-19)14-16-5-3-2-4-6-16/h2-10,19H,11-14H2,1H3,(H,22,25)/t19-/m1/s1. The molecule has 1 atom stereocenters. The van der Waals surface area contributed by atoms with Crippen LogP contribution in [0.1, 0.15) is 29.3 Å². The van der Waals surface area contributed by atoms with Gasteiger partial charge in [0.05, 0.1) is 13.0 Å². The van der Waals surface area contributed by atoms with Gasteiger partial charge < -0.3 is 15.0 Å². The summed E-state index contributed by atoms with van der Waals surface area (Å²) in [6, 6.07) is 16.4. The summed E-state index contributed by atoms with van der Waals surface area (Å²) in [5.41, 5.74) is 2.20. The molecule has 3 rings (SSSR count). The van der Waals surface area contributed by atoms with Crippen molar-refractivity contribution in [2.24, 2.45) is 0 Å². The molecule has 0 aliphatic carbocycles. The summed E-state index contributed by atoms with van der Waals surface area (Å²) in [7, 11) is 0. The van der Waals surface area contributed by atoms with E-state index in [4.69, 9.17) is 4.74 Å². The third kappa shape index (κ3) is 5.01. The molecule has 0 unspecified atom stereocenters. The minimum Gasteiger partial charge on any atom is -0.366 e. The summed E-state index contributed by atoms with van der Waals surface area (Å²) in [5, 5.41) is 2.74. The molecule has 1 N–H and O–H groups in total. The Morgan fingerprint density at radius 2 is 1.81 bits per heavy atom. The highest BCUT2D eigenvalue weighted by Crippen LogP contribution is 2.16. The summed E-state index contributed by atoms with van der Waals surface area (Å²) < 4.78 is 5.52. The second kappa shape index (κ2) is 8.60. The topological polar surface area (TPSA) is 75.7 Å². The first-order chi connectivity index (χ1) is 13.0. The van der Waals surface area contributed by atoms with E-state index in [9.17, 15) is 14.4 Å². The van der Waals surface area contributed by atoms with Gasteiger partial charge in [-0.25, -0.2) is 0 Å². The predicted octanol–water partition coefficient (Wildman–Crippen LogP) is 2.65. The molecule has 1 fully saturated rings. The van der Waals surface area contributed by atoms with Crippen molar-refractivity contribution in [2.45, 2.75) is 26.0 Å². The summed E-state index contributed by atoms with van der Waals surface area (Å²) in [5.74, 6) is -0.509. The van der Waals surface area contributed by atoms with Crippen LogP contribution in [0.3, 0.4) is 0 Å². The van der Waals surface area contributed by atoms with E-state index in [1.54, 1.807) is 29.2 Å². The molecule has 0 radical (unpaired) electrons. The minimum absolute atomic E-state index is 0.0346. The molecule has 0 bridgehead atoms. The molecule has 0 saturated carbocycles. The summed E-state index contributed by atoms with van der Waals surface area (Å²) in [6.45, 7) is 2.91. The smallest absolute Gasteiger partial charge is 0.252 e. The van der Waals surface area contributed by atoms with Crippen molar-refractivity contribution < 1.29 is 19.1 Å². The van der Waals surface area contributed by atoms with Gasteiger partial charge in [0.1, 0.15) is 6.10 Å². The third-order valence-corrected chi connectivity index (χ3v) is 4.43. The fourth-order valence-corrected chi connectivity index (χ4v) is 2.97. The van der Waals surface area contributed by atoms with Crippen LogP contribution < -0.4 is 5.32 Å². The summed E-state index contributed by atoms with van der Waals surface area (Å²) >= 11 is 0. The monoisotopic (exact) mass is 366 g/mol. The molecule has 6 heteroatoms. The molecule has 27 heavy (non-hydrogen) atoms. The Hall–Kier alpha value is -2.99. The average Bonchev–Trinajstić information content (AvgIpc) is 2.66. The first-order valence-corrected chi connectivity index (χ1v) is 8.88. The highest BCUT2D eigenvalue weighted by Gasteiger charge is 2.31. The number of Topliss-reactive ketones (excluding diaryl/α,β-unsaturated/α-hetero) is 1. The Morgan fingerprint density at radius 3 is 2.48 bits per heavy atom. The van der Waals surface area contributed by atoms with E-state index >= 15 is 0 Å². The molecule has 0 aromatic heterocycles. The van der Waals surface area contributed by atoms with E-state index in [2.05, 4.69) is 5.32 Å². The zero-order valence-electron chi connectivity index (χ0n) is 15.2.